The zero-order chi connectivity index (χ0) is 15.5. The van der Waals surface area contributed by atoms with Crippen LogP contribution < -0.4 is 10.9 Å². The van der Waals surface area contributed by atoms with Crippen LogP contribution in [-0.4, -0.2) is 32.1 Å². The first-order chi connectivity index (χ1) is 9.87. The van der Waals surface area contributed by atoms with Crippen molar-refractivity contribution < 1.29 is 13.2 Å². The Balaban J connectivity index is 2.09. The average molecular weight is 310 g/mol. The van der Waals surface area contributed by atoms with E-state index in [1.165, 1.54) is 6.08 Å². The van der Waals surface area contributed by atoms with E-state index in [-0.39, 0.29) is 12.1 Å². The molecule has 0 aliphatic heterocycles. The molecule has 7 heteroatoms. The molecular formula is C14H18N2O4S. The highest BCUT2D eigenvalue weighted by molar-refractivity contribution is 7.93. The number of aryl methyl sites for hydroxylation is 2. The second-order valence-corrected chi connectivity index (χ2v) is 7.07. The molecule has 0 atom stereocenters. The third-order valence-electron chi connectivity index (χ3n) is 3.31. The molecule has 0 saturated carbocycles. The van der Waals surface area contributed by atoms with Gasteiger partial charge in [-0.2, -0.15) is 0 Å². The van der Waals surface area contributed by atoms with Crippen molar-refractivity contribution in [2.24, 2.45) is 0 Å². The molecule has 0 unspecified atom stereocenters. The van der Waals surface area contributed by atoms with Gasteiger partial charge in [0.05, 0.1) is 0 Å². The van der Waals surface area contributed by atoms with Crippen LogP contribution in [0.15, 0.2) is 22.3 Å². The highest BCUT2D eigenvalue weighted by Crippen LogP contribution is 2.18. The maximum Gasteiger partial charge on any atom is 0.261 e. The predicted octanol–water partition coefficient (Wildman–Crippen LogP) is 0.542. The molecule has 1 aromatic heterocycles. The van der Waals surface area contributed by atoms with E-state index in [1.54, 1.807) is 6.07 Å². The molecule has 1 amide bonds. The van der Waals surface area contributed by atoms with Gasteiger partial charge >= 0.3 is 0 Å². The van der Waals surface area contributed by atoms with Gasteiger partial charge in [0, 0.05) is 23.9 Å². The van der Waals surface area contributed by atoms with Gasteiger partial charge in [-0.3, -0.25) is 9.59 Å². The van der Waals surface area contributed by atoms with Crippen LogP contribution in [0.2, 0.25) is 0 Å². The Bertz CT molecular complexity index is 732. The maximum atomic E-state index is 12.0. The summed E-state index contributed by atoms with van der Waals surface area (Å²) in [5, 5.41) is 3.53. The number of carbonyl (C=O) groups excluding carboxylic acids is 1. The highest BCUT2D eigenvalue weighted by Gasteiger charge is 2.16. The smallest absolute Gasteiger partial charge is 0.261 e. The summed E-state index contributed by atoms with van der Waals surface area (Å²) in [5.74, 6) is -0.497. The van der Waals surface area contributed by atoms with E-state index >= 15 is 0 Å². The molecule has 0 fully saturated rings. The number of H-pyrrole nitrogens is 1. The van der Waals surface area contributed by atoms with Crippen molar-refractivity contribution in [3.05, 3.63) is 44.7 Å². The van der Waals surface area contributed by atoms with Crippen molar-refractivity contribution >= 4 is 15.7 Å². The van der Waals surface area contributed by atoms with E-state index in [0.717, 1.165) is 48.6 Å². The predicted molar refractivity (Wildman–Crippen MR) is 80.0 cm³/mol. The number of fused-ring (bicyclic) bond motifs is 1. The molecule has 1 aromatic rings. The van der Waals surface area contributed by atoms with Crippen molar-refractivity contribution in [3.63, 3.8) is 0 Å². The molecule has 1 aliphatic rings. The van der Waals surface area contributed by atoms with Crippen LogP contribution in [0.5, 0.6) is 0 Å². The number of hydrogen-bond acceptors (Lipinski definition) is 4. The first-order valence-corrected chi connectivity index (χ1v) is 8.72. The summed E-state index contributed by atoms with van der Waals surface area (Å²) in [7, 11) is -3.21. The number of rotatable bonds is 4. The Hall–Kier alpha value is -1.89. The van der Waals surface area contributed by atoms with E-state index < -0.39 is 21.3 Å². The third-order valence-corrected chi connectivity index (χ3v) is 3.99. The van der Waals surface area contributed by atoms with E-state index in [9.17, 15) is 18.0 Å². The summed E-state index contributed by atoms with van der Waals surface area (Å²) < 4.78 is 21.8. The van der Waals surface area contributed by atoms with Crippen LogP contribution in [0.25, 0.3) is 0 Å². The van der Waals surface area contributed by atoms with E-state index in [4.69, 9.17) is 0 Å². The Labute approximate surface area is 123 Å². The number of pyridine rings is 1. The van der Waals surface area contributed by atoms with Crippen molar-refractivity contribution in [1.82, 2.24) is 10.3 Å². The number of aromatic amines is 1. The van der Waals surface area contributed by atoms with Crippen molar-refractivity contribution in [3.8, 4) is 0 Å². The maximum absolute atomic E-state index is 12.0. The minimum Gasteiger partial charge on any atom is -0.348 e. The molecule has 0 spiro atoms. The number of nitrogens with one attached hydrogen (secondary N) is 2. The second-order valence-electron chi connectivity index (χ2n) is 5.13. The van der Waals surface area contributed by atoms with Crippen molar-refractivity contribution in [1.29, 1.82) is 0 Å². The van der Waals surface area contributed by atoms with Crippen molar-refractivity contribution in [2.75, 3.05) is 12.8 Å². The quantitative estimate of drug-likeness (QED) is 0.848. The van der Waals surface area contributed by atoms with E-state index in [2.05, 4.69) is 10.3 Å². The van der Waals surface area contributed by atoms with Gasteiger partial charge in [-0.15, -0.1) is 0 Å². The summed E-state index contributed by atoms with van der Waals surface area (Å²) >= 11 is 0. The molecule has 2 N–H and O–H groups in total. The molecule has 1 aliphatic carbocycles. The number of carbonyl (C=O) groups is 1. The average Bonchev–Trinajstić information content (AvgIpc) is 2.41. The zero-order valence-corrected chi connectivity index (χ0v) is 12.6. The van der Waals surface area contributed by atoms with Crippen LogP contribution in [0.3, 0.4) is 0 Å². The fraction of sp³-hybridized carbons (Fsp3) is 0.429. The molecule has 0 aromatic carbocycles. The summed E-state index contributed by atoms with van der Waals surface area (Å²) in [6.07, 6.45) is 6.20. The summed E-state index contributed by atoms with van der Waals surface area (Å²) in [4.78, 5) is 26.6. The van der Waals surface area contributed by atoms with Gasteiger partial charge in [0.15, 0.2) is 9.84 Å². The van der Waals surface area contributed by atoms with Gasteiger partial charge in [0.1, 0.15) is 5.56 Å². The second kappa shape index (κ2) is 6.26. The largest absolute Gasteiger partial charge is 0.348 e. The Morgan fingerprint density at radius 3 is 2.81 bits per heavy atom. The molecular weight excluding hydrogens is 292 g/mol. The van der Waals surface area contributed by atoms with Gasteiger partial charge in [-0.05, 0) is 37.3 Å². The van der Waals surface area contributed by atoms with Crippen LogP contribution in [0, 0.1) is 0 Å². The topological polar surface area (TPSA) is 96.1 Å². The molecule has 0 saturated heterocycles. The molecule has 2 rings (SSSR count). The fourth-order valence-electron chi connectivity index (χ4n) is 2.31. The SMILES string of the molecule is CS(=O)(=O)/C=C/CNC(=O)c1cc2c([nH]c1=O)CCCC2. The normalized spacial score (nSPS) is 14.9. The van der Waals surface area contributed by atoms with Crippen LogP contribution in [0.4, 0.5) is 0 Å². The lowest BCUT2D eigenvalue weighted by Gasteiger charge is -2.15. The standard InChI is InChI=1S/C14H18N2O4S/c1-21(19,20)8-4-7-15-13(17)11-9-10-5-2-3-6-12(10)16-14(11)18/h4,8-9H,2-3,5-7H2,1H3,(H,15,17)(H,16,18)/b8-4+. The van der Waals surface area contributed by atoms with Gasteiger partial charge < -0.3 is 10.3 Å². The summed E-state index contributed by atoms with van der Waals surface area (Å²) in [6, 6.07) is 1.64. The van der Waals surface area contributed by atoms with Gasteiger partial charge in [0.2, 0.25) is 0 Å². The molecule has 0 bridgehead atoms. The van der Waals surface area contributed by atoms with Crippen molar-refractivity contribution in [2.45, 2.75) is 25.7 Å². The Kier molecular flexibility index (Phi) is 4.62. The minimum absolute atomic E-state index is 0.0580. The lowest BCUT2D eigenvalue weighted by molar-refractivity contribution is 0.0956. The fourth-order valence-corrected chi connectivity index (χ4v) is 2.76. The van der Waals surface area contributed by atoms with Gasteiger partial charge in [0.25, 0.3) is 11.5 Å². The first kappa shape index (κ1) is 15.5. The molecule has 0 radical (unpaired) electrons. The van der Waals surface area contributed by atoms with Crippen LogP contribution in [0.1, 0.15) is 34.5 Å². The first-order valence-electron chi connectivity index (χ1n) is 6.77. The Morgan fingerprint density at radius 2 is 2.10 bits per heavy atom. The number of sulfone groups is 1. The lowest BCUT2D eigenvalue weighted by atomic mass is 9.95. The van der Waals surface area contributed by atoms with Gasteiger partial charge in [-0.25, -0.2) is 8.42 Å². The molecule has 6 nitrogen and oxygen atoms in total. The monoisotopic (exact) mass is 310 g/mol. The van der Waals surface area contributed by atoms with Crippen LogP contribution >= 0.6 is 0 Å². The van der Waals surface area contributed by atoms with Crippen LogP contribution in [-0.2, 0) is 22.7 Å². The zero-order valence-electron chi connectivity index (χ0n) is 11.8. The lowest BCUT2D eigenvalue weighted by Crippen LogP contribution is -2.31. The Morgan fingerprint density at radius 1 is 1.38 bits per heavy atom. The molecule has 1 heterocycles. The number of amides is 1. The summed E-state index contributed by atoms with van der Waals surface area (Å²) in [6.45, 7) is 0.0580. The third kappa shape index (κ3) is 4.29. The summed E-state index contributed by atoms with van der Waals surface area (Å²) in [5.41, 5.74) is 1.60. The number of hydrogen-bond donors (Lipinski definition) is 2. The van der Waals surface area contributed by atoms with Gasteiger partial charge in [-0.1, -0.05) is 6.08 Å². The molecule has 114 valence electrons. The number of aromatic nitrogens is 1. The molecule has 21 heavy (non-hydrogen) atoms. The minimum atomic E-state index is -3.21. The van der Waals surface area contributed by atoms with E-state index in [0.29, 0.717) is 0 Å². The van der Waals surface area contributed by atoms with E-state index in [1.807, 2.05) is 0 Å². The highest BCUT2D eigenvalue weighted by atomic mass is 32.2.